The number of pyridine rings is 1. The Bertz CT molecular complexity index is 1020. The highest BCUT2D eigenvalue weighted by Gasteiger charge is 2.26. The van der Waals surface area contributed by atoms with E-state index in [1.54, 1.807) is 21.9 Å². The molecule has 0 spiro atoms. The van der Waals surface area contributed by atoms with Gasteiger partial charge in [0, 0.05) is 30.2 Å². The third kappa shape index (κ3) is 3.68. The van der Waals surface area contributed by atoms with Gasteiger partial charge in [0.2, 0.25) is 0 Å². The highest BCUT2D eigenvalue weighted by molar-refractivity contribution is 7.10. The predicted molar refractivity (Wildman–Crippen MR) is 112 cm³/mol. The summed E-state index contributed by atoms with van der Waals surface area (Å²) in [6, 6.07) is 6.49. The molecule has 0 amide bonds. The second kappa shape index (κ2) is 7.74. The molecule has 0 bridgehead atoms. The van der Waals surface area contributed by atoms with Crippen LogP contribution in [0.4, 0.5) is 0 Å². The topological polar surface area (TPSA) is 37.6 Å². The molecule has 0 radical (unpaired) electrons. The first kappa shape index (κ1) is 18.7. The zero-order chi connectivity index (χ0) is 19.0. The summed E-state index contributed by atoms with van der Waals surface area (Å²) < 4.78 is 1.62. The van der Waals surface area contributed by atoms with Crippen LogP contribution in [0.2, 0.25) is 5.15 Å². The fourth-order valence-corrected chi connectivity index (χ4v) is 5.13. The van der Waals surface area contributed by atoms with Crippen LogP contribution < -0.4 is 5.56 Å². The van der Waals surface area contributed by atoms with Crippen LogP contribution in [0, 0.1) is 13.8 Å². The van der Waals surface area contributed by atoms with E-state index in [1.165, 1.54) is 36.1 Å². The van der Waals surface area contributed by atoms with Crippen LogP contribution in [0.3, 0.4) is 0 Å². The first-order chi connectivity index (χ1) is 13.0. The minimum absolute atomic E-state index is 0.0559. The van der Waals surface area contributed by atoms with Crippen molar-refractivity contribution in [2.24, 2.45) is 0 Å². The number of aromatic nitrogens is 2. The van der Waals surface area contributed by atoms with Crippen LogP contribution in [-0.2, 0) is 13.1 Å². The van der Waals surface area contributed by atoms with E-state index in [0.29, 0.717) is 29.0 Å². The van der Waals surface area contributed by atoms with Gasteiger partial charge in [-0.2, -0.15) is 0 Å². The molecule has 3 aromatic rings. The molecular formula is C21H24ClN3OS. The maximum Gasteiger partial charge on any atom is 0.263 e. The van der Waals surface area contributed by atoms with E-state index in [2.05, 4.69) is 28.3 Å². The molecule has 0 aromatic carbocycles. The van der Waals surface area contributed by atoms with Crippen molar-refractivity contribution in [3.8, 4) is 0 Å². The van der Waals surface area contributed by atoms with Gasteiger partial charge in [-0.15, -0.1) is 11.3 Å². The first-order valence-electron chi connectivity index (χ1n) is 9.48. The Morgan fingerprint density at radius 2 is 2.00 bits per heavy atom. The maximum absolute atomic E-state index is 13.1. The molecule has 0 unspecified atom stereocenters. The fraction of sp³-hybridized carbons (Fsp3) is 0.429. The average Bonchev–Trinajstić information content (AvgIpc) is 3.31. The Balaban J connectivity index is 1.72. The molecule has 1 aliphatic carbocycles. The van der Waals surface area contributed by atoms with Gasteiger partial charge in [-0.1, -0.05) is 30.5 Å². The van der Waals surface area contributed by atoms with Gasteiger partial charge in [-0.05, 0) is 55.3 Å². The molecule has 6 heteroatoms. The van der Waals surface area contributed by atoms with Gasteiger partial charge in [0.25, 0.3) is 5.56 Å². The van der Waals surface area contributed by atoms with E-state index in [1.807, 2.05) is 19.1 Å². The van der Waals surface area contributed by atoms with Crippen LogP contribution in [0.15, 0.2) is 34.6 Å². The fourth-order valence-electron chi connectivity index (χ4n) is 3.98. The molecule has 0 N–H and O–H groups in total. The van der Waals surface area contributed by atoms with Crippen LogP contribution >= 0.6 is 22.9 Å². The highest BCUT2D eigenvalue weighted by Crippen LogP contribution is 2.29. The van der Waals surface area contributed by atoms with E-state index in [9.17, 15) is 4.79 Å². The minimum Gasteiger partial charge on any atom is -0.291 e. The summed E-state index contributed by atoms with van der Waals surface area (Å²) in [5, 5.41) is 2.47. The molecule has 1 saturated carbocycles. The molecule has 0 atom stereocenters. The van der Waals surface area contributed by atoms with Crippen molar-refractivity contribution >= 4 is 28.6 Å². The lowest BCUT2D eigenvalue weighted by atomic mass is 10.1. The molecule has 4 rings (SSSR count). The zero-order valence-electron chi connectivity index (χ0n) is 15.7. The first-order valence-corrected chi connectivity index (χ1v) is 10.7. The van der Waals surface area contributed by atoms with E-state index < -0.39 is 0 Å². The minimum atomic E-state index is -0.0559. The van der Waals surface area contributed by atoms with Gasteiger partial charge >= 0.3 is 0 Å². The third-order valence-electron chi connectivity index (χ3n) is 5.61. The van der Waals surface area contributed by atoms with Crippen molar-refractivity contribution in [1.82, 2.24) is 14.3 Å². The number of nitrogens with zero attached hydrogens (tertiary/aromatic N) is 3. The Morgan fingerprint density at radius 3 is 2.70 bits per heavy atom. The summed E-state index contributed by atoms with van der Waals surface area (Å²) in [6.45, 7) is 5.51. The van der Waals surface area contributed by atoms with Gasteiger partial charge in [-0.3, -0.25) is 14.1 Å². The van der Waals surface area contributed by atoms with Crippen molar-refractivity contribution in [1.29, 1.82) is 0 Å². The number of aryl methyl sites for hydroxylation is 2. The van der Waals surface area contributed by atoms with Crippen molar-refractivity contribution in [3.63, 3.8) is 0 Å². The van der Waals surface area contributed by atoms with Gasteiger partial charge < -0.3 is 0 Å². The third-order valence-corrected chi connectivity index (χ3v) is 6.93. The summed E-state index contributed by atoms with van der Waals surface area (Å²) in [4.78, 5) is 21.5. The van der Waals surface area contributed by atoms with Gasteiger partial charge in [0.1, 0.15) is 10.8 Å². The van der Waals surface area contributed by atoms with Gasteiger partial charge in [0.05, 0.1) is 5.56 Å². The lowest BCUT2D eigenvalue weighted by molar-refractivity contribution is 0.181. The summed E-state index contributed by atoms with van der Waals surface area (Å²) in [5.74, 6) is 0. The van der Waals surface area contributed by atoms with Gasteiger partial charge in [0.15, 0.2) is 0 Å². The SMILES string of the molecule is Cc1ccsc1CN(Cc1c(Cl)nc2c(C)cccn2c1=O)C1CCCC1. The van der Waals surface area contributed by atoms with Crippen molar-refractivity contribution in [2.45, 2.75) is 58.7 Å². The molecule has 0 aliphatic heterocycles. The Hall–Kier alpha value is -1.69. The lowest BCUT2D eigenvalue weighted by Crippen LogP contribution is -2.35. The normalized spacial score (nSPS) is 15.3. The monoisotopic (exact) mass is 401 g/mol. The van der Waals surface area contributed by atoms with Crippen molar-refractivity contribution in [2.75, 3.05) is 0 Å². The van der Waals surface area contributed by atoms with Crippen molar-refractivity contribution < 1.29 is 0 Å². The van der Waals surface area contributed by atoms with Crippen LogP contribution in [-0.4, -0.2) is 20.3 Å². The second-order valence-electron chi connectivity index (χ2n) is 7.44. The van der Waals surface area contributed by atoms with Crippen molar-refractivity contribution in [3.05, 3.63) is 66.9 Å². The van der Waals surface area contributed by atoms with E-state index in [-0.39, 0.29) is 5.56 Å². The average molecular weight is 402 g/mol. The Labute approximate surface area is 168 Å². The summed E-state index contributed by atoms with van der Waals surface area (Å²) in [7, 11) is 0. The molecule has 4 nitrogen and oxygen atoms in total. The van der Waals surface area contributed by atoms with Crippen LogP contribution in [0.5, 0.6) is 0 Å². The summed E-state index contributed by atoms with van der Waals surface area (Å²) in [6.07, 6.45) is 6.66. The smallest absolute Gasteiger partial charge is 0.263 e. The Kier molecular flexibility index (Phi) is 5.35. The number of rotatable bonds is 5. The molecule has 1 fully saturated rings. The lowest BCUT2D eigenvalue weighted by Gasteiger charge is -2.28. The molecule has 27 heavy (non-hydrogen) atoms. The van der Waals surface area contributed by atoms with E-state index in [4.69, 9.17) is 11.6 Å². The summed E-state index contributed by atoms with van der Waals surface area (Å²) in [5.41, 5.74) is 3.45. The van der Waals surface area contributed by atoms with E-state index >= 15 is 0 Å². The van der Waals surface area contributed by atoms with Crippen LogP contribution in [0.25, 0.3) is 5.65 Å². The quantitative estimate of drug-likeness (QED) is 0.566. The maximum atomic E-state index is 13.1. The number of hydrogen-bond donors (Lipinski definition) is 0. The molecule has 0 saturated heterocycles. The Morgan fingerprint density at radius 1 is 1.22 bits per heavy atom. The van der Waals surface area contributed by atoms with E-state index in [0.717, 1.165) is 12.1 Å². The largest absolute Gasteiger partial charge is 0.291 e. The second-order valence-corrected chi connectivity index (χ2v) is 8.80. The summed E-state index contributed by atoms with van der Waals surface area (Å²) >= 11 is 8.28. The highest BCUT2D eigenvalue weighted by atomic mass is 35.5. The molecule has 142 valence electrons. The zero-order valence-corrected chi connectivity index (χ0v) is 17.3. The number of fused-ring (bicyclic) bond motifs is 1. The molecular weight excluding hydrogens is 378 g/mol. The molecule has 3 aromatic heterocycles. The molecule has 3 heterocycles. The standard InChI is InChI=1S/C21H24ClN3OS/c1-14-9-11-27-18(14)13-24(16-7-3-4-8-16)12-17-19(22)23-20-15(2)6-5-10-25(20)21(17)26/h5-6,9-11,16H,3-4,7-8,12-13H2,1-2H3. The molecule has 1 aliphatic rings. The van der Waals surface area contributed by atoms with Gasteiger partial charge in [-0.25, -0.2) is 4.98 Å². The number of hydrogen-bond acceptors (Lipinski definition) is 4. The predicted octanol–water partition coefficient (Wildman–Crippen LogP) is 4.97. The van der Waals surface area contributed by atoms with Crippen LogP contribution in [0.1, 0.15) is 47.3 Å². The number of thiophene rings is 1. The number of halogens is 1.